The molecule has 6 heteroatoms. The first-order valence-electron chi connectivity index (χ1n) is 6.79. The van der Waals surface area contributed by atoms with Gasteiger partial charge in [-0.05, 0) is 24.5 Å². The predicted octanol–water partition coefficient (Wildman–Crippen LogP) is 1.48. The Morgan fingerprint density at radius 1 is 1.43 bits per heavy atom. The van der Waals surface area contributed by atoms with E-state index in [9.17, 15) is 14.7 Å². The van der Waals surface area contributed by atoms with Crippen LogP contribution in [0.25, 0.3) is 0 Å². The Labute approximate surface area is 123 Å². The van der Waals surface area contributed by atoms with Crippen LogP contribution in [0.5, 0.6) is 5.75 Å². The lowest BCUT2D eigenvalue weighted by Gasteiger charge is -2.23. The highest BCUT2D eigenvalue weighted by atomic mass is 16.5. The normalized spacial score (nSPS) is 13.8. The van der Waals surface area contributed by atoms with Gasteiger partial charge in [-0.3, -0.25) is 9.80 Å². The van der Waals surface area contributed by atoms with Gasteiger partial charge in [0.2, 0.25) is 0 Å². The number of benzene rings is 1. The zero-order valence-electron chi connectivity index (χ0n) is 13.0. The van der Waals surface area contributed by atoms with Crippen LogP contribution in [0.3, 0.4) is 0 Å². The quantitative estimate of drug-likeness (QED) is 0.855. The minimum atomic E-state index is -0.473. The Morgan fingerprint density at radius 2 is 2.05 bits per heavy atom. The molecule has 1 N–H and O–H groups in total. The van der Waals surface area contributed by atoms with E-state index in [-0.39, 0.29) is 23.8 Å². The molecule has 0 saturated heterocycles. The van der Waals surface area contributed by atoms with Crippen LogP contribution in [0.15, 0.2) is 0 Å². The van der Waals surface area contributed by atoms with Crippen molar-refractivity contribution in [2.75, 3.05) is 21.2 Å². The zero-order valence-corrected chi connectivity index (χ0v) is 13.0. The standard InChI is InChI=1S/C15H20N2O4/c1-6-9-8(2)13(18)12-10(11(9)15(20)21-5)7-17(14(12)19)16(3)4/h18H,6-7H2,1-5H3. The van der Waals surface area contributed by atoms with Crippen molar-refractivity contribution in [1.82, 2.24) is 10.0 Å². The number of methoxy groups -OCH3 is 1. The number of nitrogens with zero attached hydrogens (tertiary/aromatic N) is 2. The van der Waals surface area contributed by atoms with Crippen molar-refractivity contribution in [3.05, 3.63) is 27.8 Å². The van der Waals surface area contributed by atoms with Gasteiger partial charge >= 0.3 is 5.97 Å². The number of hydrogen-bond donors (Lipinski definition) is 1. The Morgan fingerprint density at radius 3 is 2.52 bits per heavy atom. The first kappa shape index (κ1) is 15.3. The highest BCUT2D eigenvalue weighted by molar-refractivity contribution is 6.06. The lowest BCUT2D eigenvalue weighted by atomic mass is 9.90. The molecule has 6 nitrogen and oxygen atoms in total. The molecule has 1 heterocycles. The number of aromatic hydroxyl groups is 1. The molecule has 0 bridgehead atoms. The monoisotopic (exact) mass is 292 g/mol. The van der Waals surface area contributed by atoms with E-state index in [1.807, 2.05) is 6.92 Å². The lowest BCUT2D eigenvalue weighted by Crippen LogP contribution is -2.36. The van der Waals surface area contributed by atoms with Gasteiger partial charge in [0.05, 0.1) is 24.8 Å². The molecule has 21 heavy (non-hydrogen) atoms. The maximum absolute atomic E-state index is 12.4. The minimum Gasteiger partial charge on any atom is -0.507 e. The van der Waals surface area contributed by atoms with Crippen LogP contribution in [0.1, 0.15) is 44.3 Å². The van der Waals surface area contributed by atoms with E-state index in [1.54, 1.807) is 26.0 Å². The summed E-state index contributed by atoms with van der Waals surface area (Å²) in [6, 6.07) is 0. The number of rotatable bonds is 3. The van der Waals surface area contributed by atoms with Crippen LogP contribution in [0.2, 0.25) is 0 Å². The second-order valence-electron chi connectivity index (χ2n) is 5.24. The number of fused-ring (bicyclic) bond motifs is 1. The van der Waals surface area contributed by atoms with Gasteiger partial charge in [0.15, 0.2) is 0 Å². The van der Waals surface area contributed by atoms with Crippen molar-refractivity contribution in [2.24, 2.45) is 0 Å². The first-order chi connectivity index (χ1) is 9.84. The third-order valence-electron chi connectivity index (χ3n) is 3.93. The second-order valence-corrected chi connectivity index (χ2v) is 5.24. The number of carbonyl (C=O) groups is 2. The van der Waals surface area contributed by atoms with E-state index in [4.69, 9.17) is 4.74 Å². The maximum Gasteiger partial charge on any atom is 0.338 e. The van der Waals surface area contributed by atoms with Crippen LogP contribution in [0.4, 0.5) is 0 Å². The Kier molecular flexibility index (Phi) is 3.91. The van der Waals surface area contributed by atoms with E-state index in [0.717, 1.165) is 5.56 Å². The first-order valence-corrected chi connectivity index (χ1v) is 6.79. The third-order valence-corrected chi connectivity index (χ3v) is 3.93. The number of phenolic OH excluding ortho intramolecular Hbond substituents is 1. The van der Waals surface area contributed by atoms with Gasteiger partial charge in [-0.15, -0.1) is 0 Å². The molecular formula is C15H20N2O4. The zero-order chi connectivity index (χ0) is 15.9. The predicted molar refractivity (Wildman–Crippen MR) is 77.1 cm³/mol. The van der Waals surface area contributed by atoms with Crippen LogP contribution >= 0.6 is 0 Å². The average Bonchev–Trinajstić information content (AvgIpc) is 2.79. The summed E-state index contributed by atoms with van der Waals surface area (Å²) < 4.78 is 4.87. The molecule has 0 radical (unpaired) electrons. The van der Waals surface area contributed by atoms with Crippen molar-refractivity contribution in [3.63, 3.8) is 0 Å². The van der Waals surface area contributed by atoms with E-state index in [2.05, 4.69) is 0 Å². The largest absolute Gasteiger partial charge is 0.507 e. The van der Waals surface area contributed by atoms with Crippen LogP contribution in [-0.2, 0) is 17.7 Å². The third kappa shape index (κ3) is 2.15. The molecule has 0 atom stereocenters. The van der Waals surface area contributed by atoms with Crippen LogP contribution in [-0.4, -0.2) is 48.2 Å². The van der Waals surface area contributed by atoms with Crippen molar-refractivity contribution in [1.29, 1.82) is 0 Å². The van der Waals surface area contributed by atoms with Crippen molar-refractivity contribution < 1.29 is 19.4 Å². The Bertz CT molecular complexity index is 623. The van der Waals surface area contributed by atoms with Gasteiger partial charge in [-0.25, -0.2) is 9.80 Å². The summed E-state index contributed by atoms with van der Waals surface area (Å²) in [6.07, 6.45) is 0.577. The molecule has 1 amide bonds. The number of carbonyl (C=O) groups excluding carboxylic acids is 2. The highest BCUT2D eigenvalue weighted by Gasteiger charge is 2.38. The molecule has 1 aliphatic heterocycles. The molecule has 1 aromatic rings. The molecular weight excluding hydrogens is 272 g/mol. The lowest BCUT2D eigenvalue weighted by molar-refractivity contribution is 0.0219. The van der Waals surface area contributed by atoms with Gasteiger partial charge in [0.1, 0.15) is 5.75 Å². The summed E-state index contributed by atoms with van der Waals surface area (Å²) in [5.41, 5.74) is 2.44. The summed E-state index contributed by atoms with van der Waals surface area (Å²) in [6.45, 7) is 3.88. The van der Waals surface area contributed by atoms with Crippen molar-refractivity contribution in [3.8, 4) is 5.75 Å². The molecule has 0 unspecified atom stereocenters. The summed E-state index contributed by atoms with van der Waals surface area (Å²) in [5.74, 6) is -0.813. The number of amides is 1. The molecule has 0 saturated carbocycles. The van der Waals surface area contributed by atoms with E-state index in [0.29, 0.717) is 23.1 Å². The molecule has 1 aliphatic rings. The van der Waals surface area contributed by atoms with Crippen LogP contribution < -0.4 is 0 Å². The van der Waals surface area contributed by atoms with Crippen molar-refractivity contribution in [2.45, 2.75) is 26.8 Å². The van der Waals surface area contributed by atoms with E-state index in [1.165, 1.54) is 12.1 Å². The molecule has 1 aromatic carbocycles. The summed E-state index contributed by atoms with van der Waals surface area (Å²) in [5, 5.41) is 13.5. The second kappa shape index (κ2) is 5.37. The maximum atomic E-state index is 12.4. The molecule has 114 valence electrons. The smallest absolute Gasteiger partial charge is 0.338 e. The number of esters is 1. The molecule has 2 rings (SSSR count). The molecule has 0 fully saturated rings. The average molecular weight is 292 g/mol. The number of hydrazine groups is 1. The SMILES string of the molecule is CCc1c(C)c(O)c2c(c1C(=O)OC)CN(N(C)C)C2=O. The highest BCUT2D eigenvalue weighted by Crippen LogP contribution is 2.39. The fourth-order valence-electron chi connectivity index (χ4n) is 2.82. The number of phenols is 1. The minimum absolute atomic E-state index is 0.0381. The summed E-state index contributed by atoms with van der Waals surface area (Å²) in [4.78, 5) is 24.6. The summed E-state index contributed by atoms with van der Waals surface area (Å²) >= 11 is 0. The van der Waals surface area contributed by atoms with Crippen LogP contribution in [0, 0.1) is 6.92 Å². The van der Waals surface area contributed by atoms with Gasteiger partial charge in [-0.1, -0.05) is 6.92 Å². The summed E-state index contributed by atoms with van der Waals surface area (Å²) in [7, 11) is 4.80. The number of ether oxygens (including phenoxy) is 1. The Balaban J connectivity index is 2.78. The van der Waals surface area contributed by atoms with Gasteiger partial charge in [0.25, 0.3) is 5.91 Å². The molecule has 0 aliphatic carbocycles. The van der Waals surface area contributed by atoms with Gasteiger partial charge < -0.3 is 9.84 Å². The van der Waals surface area contributed by atoms with E-state index >= 15 is 0 Å². The van der Waals surface area contributed by atoms with E-state index < -0.39 is 5.97 Å². The topological polar surface area (TPSA) is 70.1 Å². The van der Waals surface area contributed by atoms with Crippen molar-refractivity contribution >= 4 is 11.9 Å². The van der Waals surface area contributed by atoms with Gasteiger partial charge in [0, 0.05) is 19.7 Å². The fourth-order valence-corrected chi connectivity index (χ4v) is 2.82. The van der Waals surface area contributed by atoms with Gasteiger partial charge in [-0.2, -0.15) is 0 Å². The Hall–Kier alpha value is -2.08. The fraction of sp³-hybridized carbons (Fsp3) is 0.467. The molecule has 0 aromatic heterocycles. The molecule has 0 spiro atoms. The number of hydrogen-bond acceptors (Lipinski definition) is 5.